The van der Waals surface area contributed by atoms with Crippen LogP contribution in [0.1, 0.15) is 10.4 Å². The molecule has 1 aromatic carbocycles. The standard InChI is InChI=1S/C10H8Br2F3NO2/c11-5-1-2-7(12)6(3-5)9(18)16-4-8(17)10(13,14)15/h1-3,8,17H,4H2,(H,16,18). The van der Waals surface area contributed by atoms with Crippen molar-refractivity contribution in [2.45, 2.75) is 12.3 Å². The maximum absolute atomic E-state index is 12.0. The average molecular weight is 391 g/mol. The van der Waals surface area contributed by atoms with Gasteiger partial charge in [0.15, 0.2) is 6.10 Å². The number of benzene rings is 1. The second kappa shape index (κ2) is 6.03. The summed E-state index contributed by atoms with van der Waals surface area (Å²) in [5.41, 5.74) is 0.179. The van der Waals surface area contributed by atoms with Gasteiger partial charge in [-0.1, -0.05) is 15.9 Å². The number of alkyl halides is 3. The maximum atomic E-state index is 12.0. The fourth-order valence-corrected chi connectivity index (χ4v) is 1.86. The molecule has 1 amide bonds. The van der Waals surface area contributed by atoms with E-state index in [1.807, 2.05) is 5.32 Å². The van der Waals surface area contributed by atoms with Crippen molar-refractivity contribution in [1.82, 2.24) is 5.32 Å². The molecule has 0 aliphatic rings. The molecule has 1 aromatic rings. The Hall–Kier alpha value is -0.600. The number of nitrogens with one attached hydrogen (secondary N) is 1. The Labute approximate surface area is 118 Å². The van der Waals surface area contributed by atoms with Crippen LogP contribution in [0.3, 0.4) is 0 Å². The third-order valence-electron chi connectivity index (χ3n) is 2.01. The molecule has 0 bridgehead atoms. The molecule has 0 spiro atoms. The minimum absolute atomic E-state index is 0.179. The first-order valence-corrected chi connectivity index (χ1v) is 6.28. The van der Waals surface area contributed by atoms with Crippen LogP contribution < -0.4 is 5.32 Å². The summed E-state index contributed by atoms with van der Waals surface area (Å²) >= 11 is 6.26. The molecule has 0 aliphatic heterocycles. The molecule has 0 radical (unpaired) electrons. The van der Waals surface area contributed by atoms with Crippen LogP contribution in [0.25, 0.3) is 0 Å². The summed E-state index contributed by atoms with van der Waals surface area (Å²) in [5, 5.41) is 10.8. The van der Waals surface area contributed by atoms with E-state index in [1.165, 1.54) is 6.07 Å². The van der Waals surface area contributed by atoms with Gasteiger partial charge in [-0.2, -0.15) is 13.2 Å². The Morgan fingerprint density at radius 3 is 2.56 bits per heavy atom. The number of carbonyl (C=O) groups excluding carboxylic acids is 1. The minimum atomic E-state index is -4.75. The number of aliphatic hydroxyl groups is 1. The SMILES string of the molecule is O=C(NCC(O)C(F)(F)F)c1cc(Br)ccc1Br. The fraction of sp³-hybridized carbons (Fsp3) is 0.300. The van der Waals surface area contributed by atoms with E-state index in [0.717, 1.165) is 0 Å². The first kappa shape index (κ1) is 15.5. The molecule has 0 aliphatic carbocycles. The largest absolute Gasteiger partial charge is 0.416 e. The molecule has 0 saturated carbocycles. The quantitative estimate of drug-likeness (QED) is 0.833. The van der Waals surface area contributed by atoms with E-state index in [4.69, 9.17) is 5.11 Å². The van der Waals surface area contributed by atoms with Gasteiger partial charge in [-0.25, -0.2) is 0 Å². The molecule has 8 heteroatoms. The first-order valence-electron chi connectivity index (χ1n) is 4.70. The summed E-state index contributed by atoms with van der Waals surface area (Å²) < 4.78 is 37.1. The fourth-order valence-electron chi connectivity index (χ4n) is 1.07. The molecule has 1 unspecified atom stereocenters. The average Bonchev–Trinajstić information content (AvgIpc) is 2.27. The Balaban J connectivity index is 2.69. The van der Waals surface area contributed by atoms with E-state index < -0.39 is 24.7 Å². The molecule has 1 atom stereocenters. The van der Waals surface area contributed by atoms with Crippen molar-refractivity contribution >= 4 is 37.8 Å². The van der Waals surface area contributed by atoms with Crippen molar-refractivity contribution in [3.63, 3.8) is 0 Å². The smallest absolute Gasteiger partial charge is 0.382 e. The second-order valence-electron chi connectivity index (χ2n) is 3.39. The molecule has 100 valence electrons. The van der Waals surface area contributed by atoms with Gasteiger partial charge in [-0.05, 0) is 34.1 Å². The summed E-state index contributed by atoms with van der Waals surface area (Å²) in [6.45, 7) is -0.888. The summed E-state index contributed by atoms with van der Waals surface area (Å²) in [7, 11) is 0. The zero-order chi connectivity index (χ0) is 13.9. The van der Waals surface area contributed by atoms with Gasteiger partial charge in [0.2, 0.25) is 0 Å². The van der Waals surface area contributed by atoms with Gasteiger partial charge in [0.05, 0.1) is 12.1 Å². The van der Waals surface area contributed by atoms with Gasteiger partial charge in [-0.3, -0.25) is 4.79 Å². The monoisotopic (exact) mass is 389 g/mol. The van der Waals surface area contributed by atoms with Crippen LogP contribution in [0.15, 0.2) is 27.1 Å². The van der Waals surface area contributed by atoms with Gasteiger partial charge in [0.25, 0.3) is 5.91 Å². The van der Waals surface area contributed by atoms with Crippen molar-refractivity contribution in [1.29, 1.82) is 0 Å². The van der Waals surface area contributed by atoms with Crippen LogP contribution >= 0.6 is 31.9 Å². The third kappa shape index (κ3) is 4.25. The molecule has 0 fully saturated rings. The van der Waals surface area contributed by atoms with Gasteiger partial charge in [0.1, 0.15) is 0 Å². The number of hydrogen-bond acceptors (Lipinski definition) is 2. The van der Waals surface area contributed by atoms with Crippen LogP contribution in [0.5, 0.6) is 0 Å². The Morgan fingerprint density at radius 1 is 1.39 bits per heavy atom. The van der Waals surface area contributed by atoms with Crippen molar-refractivity contribution in [2.24, 2.45) is 0 Å². The Kier molecular flexibility index (Phi) is 5.18. The number of amides is 1. The molecule has 0 saturated heterocycles. The highest BCUT2D eigenvalue weighted by Crippen LogP contribution is 2.22. The lowest BCUT2D eigenvalue weighted by Crippen LogP contribution is -2.40. The summed E-state index contributed by atoms with van der Waals surface area (Å²) in [5.74, 6) is -0.702. The number of rotatable bonds is 3. The van der Waals surface area contributed by atoms with Crippen molar-refractivity contribution in [2.75, 3.05) is 6.54 Å². The Bertz CT molecular complexity index is 451. The van der Waals surface area contributed by atoms with E-state index in [-0.39, 0.29) is 5.56 Å². The van der Waals surface area contributed by atoms with Crippen LogP contribution in [0.4, 0.5) is 13.2 Å². The summed E-state index contributed by atoms with van der Waals surface area (Å²) in [6.07, 6.45) is -7.32. The highest BCUT2D eigenvalue weighted by molar-refractivity contribution is 9.11. The maximum Gasteiger partial charge on any atom is 0.416 e. The van der Waals surface area contributed by atoms with Crippen LogP contribution in [0, 0.1) is 0 Å². The van der Waals surface area contributed by atoms with Crippen molar-refractivity contribution in [3.05, 3.63) is 32.7 Å². The van der Waals surface area contributed by atoms with Crippen molar-refractivity contribution in [3.8, 4) is 0 Å². The van der Waals surface area contributed by atoms with Gasteiger partial charge < -0.3 is 10.4 Å². The van der Waals surface area contributed by atoms with Gasteiger partial charge in [-0.15, -0.1) is 0 Å². The van der Waals surface area contributed by atoms with Crippen LogP contribution in [0.2, 0.25) is 0 Å². The van der Waals surface area contributed by atoms with E-state index in [9.17, 15) is 18.0 Å². The highest BCUT2D eigenvalue weighted by atomic mass is 79.9. The molecule has 18 heavy (non-hydrogen) atoms. The number of halogens is 5. The lowest BCUT2D eigenvalue weighted by Gasteiger charge is -2.15. The number of aliphatic hydroxyl groups excluding tert-OH is 1. The molecular weight excluding hydrogens is 383 g/mol. The predicted molar refractivity (Wildman–Crippen MR) is 66.2 cm³/mol. The Morgan fingerprint density at radius 2 is 2.00 bits per heavy atom. The van der Waals surface area contributed by atoms with E-state index in [1.54, 1.807) is 12.1 Å². The molecular formula is C10H8Br2F3NO2. The number of hydrogen-bond donors (Lipinski definition) is 2. The normalized spacial score (nSPS) is 13.2. The summed E-state index contributed by atoms with van der Waals surface area (Å²) in [6, 6.07) is 4.71. The molecule has 0 aromatic heterocycles. The van der Waals surface area contributed by atoms with E-state index in [0.29, 0.717) is 8.95 Å². The van der Waals surface area contributed by atoms with Crippen molar-refractivity contribution < 1.29 is 23.1 Å². The highest BCUT2D eigenvalue weighted by Gasteiger charge is 2.38. The lowest BCUT2D eigenvalue weighted by molar-refractivity contribution is -0.201. The summed E-state index contributed by atoms with van der Waals surface area (Å²) in [4.78, 5) is 11.6. The topological polar surface area (TPSA) is 49.3 Å². The molecule has 1 rings (SSSR count). The molecule has 2 N–H and O–H groups in total. The van der Waals surface area contributed by atoms with Crippen LogP contribution in [-0.4, -0.2) is 29.8 Å². The van der Waals surface area contributed by atoms with E-state index in [2.05, 4.69) is 31.9 Å². The number of carbonyl (C=O) groups is 1. The van der Waals surface area contributed by atoms with Gasteiger partial charge >= 0.3 is 6.18 Å². The first-order chi connectivity index (χ1) is 8.21. The van der Waals surface area contributed by atoms with E-state index >= 15 is 0 Å². The lowest BCUT2D eigenvalue weighted by atomic mass is 10.2. The van der Waals surface area contributed by atoms with Crippen LogP contribution in [-0.2, 0) is 0 Å². The van der Waals surface area contributed by atoms with Gasteiger partial charge in [0, 0.05) is 8.95 Å². The molecule has 3 nitrogen and oxygen atoms in total. The second-order valence-corrected chi connectivity index (χ2v) is 5.16. The minimum Gasteiger partial charge on any atom is -0.382 e. The third-order valence-corrected chi connectivity index (χ3v) is 3.19. The molecule has 0 heterocycles. The zero-order valence-corrected chi connectivity index (χ0v) is 11.9. The zero-order valence-electron chi connectivity index (χ0n) is 8.76. The predicted octanol–water partition coefficient (Wildman–Crippen LogP) is 2.86.